The SMILES string of the molecule is FC(F)(F)c1ccnc(NCCN2CCOCC2)c1I. The van der Waals surface area contributed by atoms with Crippen LogP contribution in [0, 0.1) is 3.57 Å². The molecule has 2 rings (SSSR count). The normalized spacial score (nSPS) is 17.2. The van der Waals surface area contributed by atoms with Gasteiger partial charge in [0.05, 0.1) is 22.3 Å². The van der Waals surface area contributed by atoms with Crippen molar-refractivity contribution in [3.63, 3.8) is 0 Å². The Labute approximate surface area is 128 Å². The van der Waals surface area contributed by atoms with Crippen LogP contribution in [-0.4, -0.2) is 49.3 Å². The number of nitrogens with one attached hydrogen (secondary N) is 1. The molecule has 0 spiro atoms. The van der Waals surface area contributed by atoms with E-state index >= 15 is 0 Å². The van der Waals surface area contributed by atoms with Gasteiger partial charge in [0.2, 0.25) is 0 Å². The number of morpholine rings is 1. The molecule has 1 saturated heterocycles. The highest BCUT2D eigenvalue weighted by molar-refractivity contribution is 14.1. The number of anilines is 1. The van der Waals surface area contributed by atoms with Crippen LogP contribution in [0.25, 0.3) is 0 Å². The van der Waals surface area contributed by atoms with Crippen LogP contribution in [0.5, 0.6) is 0 Å². The van der Waals surface area contributed by atoms with Crippen LogP contribution in [0.1, 0.15) is 5.56 Å². The molecule has 1 aromatic heterocycles. The third-order valence-electron chi connectivity index (χ3n) is 3.02. The third kappa shape index (κ3) is 4.19. The zero-order valence-electron chi connectivity index (χ0n) is 10.7. The number of hydrogen-bond donors (Lipinski definition) is 1. The average molecular weight is 401 g/mol. The van der Waals surface area contributed by atoms with E-state index in [-0.39, 0.29) is 9.39 Å². The van der Waals surface area contributed by atoms with Crippen molar-refractivity contribution in [3.05, 3.63) is 21.4 Å². The molecule has 8 heteroatoms. The molecular formula is C12H15F3IN3O. The third-order valence-corrected chi connectivity index (χ3v) is 4.11. The molecule has 20 heavy (non-hydrogen) atoms. The van der Waals surface area contributed by atoms with Gasteiger partial charge in [-0.3, -0.25) is 4.90 Å². The van der Waals surface area contributed by atoms with Crippen LogP contribution >= 0.6 is 22.6 Å². The first kappa shape index (κ1) is 15.8. The summed E-state index contributed by atoms with van der Waals surface area (Å²) >= 11 is 1.68. The lowest BCUT2D eigenvalue weighted by Crippen LogP contribution is -2.39. The molecule has 0 unspecified atom stereocenters. The minimum absolute atomic E-state index is 0.111. The van der Waals surface area contributed by atoms with Crippen LogP contribution in [0.2, 0.25) is 0 Å². The van der Waals surface area contributed by atoms with E-state index in [1.165, 1.54) is 6.20 Å². The Bertz CT molecular complexity index is 450. The summed E-state index contributed by atoms with van der Waals surface area (Å²) in [5.41, 5.74) is -0.651. The molecule has 4 nitrogen and oxygen atoms in total. The molecule has 0 atom stereocenters. The molecule has 0 aromatic carbocycles. The van der Waals surface area contributed by atoms with Crippen molar-refractivity contribution >= 4 is 28.4 Å². The quantitative estimate of drug-likeness (QED) is 0.787. The highest BCUT2D eigenvalue weighted by atomic mass is 127. The molecule has 0 bridgehead atoms. The van der Waals surface area contributed by atoms with Crippen molar-refractivity contribution in [2.45, 2.75) is 6.18 Å². The standard InChI is InChI=1S/C12H15F3IN3O/c13-12(14,15)9-1-2-17-11(10(9)16)18-3-4-19-5-7-20-8-6-19/h1-2H,3-8H2,(H,17,18). The highest BCUT2D eigenvalue weighted by Gasteiger charge is 2.34. The monoisotopic (exact) mass is 401 g/mol. The lowest BCUT2D eigenvalue weighted by Gasteiger charge is -2.26. The predicted molar refractivity (Wildman–Crippen MR) is 77.7 cm³/mol. The molecule has 1 fully saturated rings. The lowest BCUT2D eigenvalue weighted by atomic mass is 10.2. The smallest absolute Gasteiger partial charge is 0.379 e. The summed E-state index contributed by atoms with van der Waals surface area (Å²) < 4.78 is 43.6. The average Bonchev–Trinajstić information content (AvgIpc) is 2.40. The number of hydrogen-bond acceptors (Lipinski definition) is 4. The second-order valence-electron chi connectivity index (χ2n) is 4.40. The van der Waals surface area contributed by atoms with E-state index in [2.05, 4.69) is 15.2 Å². The summed E-state index contributed by atoms with van der Waals surface area (Å²) in [5.74, 6) is 0.286. The van der Waals surface area contributed by atoms with Crippen molar-refractivity contribution < 1.29 is 17.9 Å². The maximum atomic E-state index is 12.8. The number of rotatable bonds is 4. The number of aromatic nitrogens is 1. The van der Waals surface area contributed by atoms with Crippen molar-refractivity contribution in [2.75, 3.05) is 44.7 Å². The fourth-order valence-corrected chi connectivity index (χ4v) is 2.76. The van der Waals surface area contributed by atoms with Crippen molar-refractivity contribution in [1.29, 1.82) is 0 Å². The van der Waals surface area contributed by atoms with Crippen molar-refractivity contribution in [2.24, 2.45) is 0 Å². The van der Waals surface area contributed by atoms with Gasteiger partial charge in [-0.2, -0.15) is 13.2 Å². The van der Waals surface area contributed by atoms with Gasteiger partial charge >= 0.3 is 6.18 Å². The summed E-state index contributed by atoms with van der Waals surface area (Å²) in [4.78, 5) is 6.18. The fourth-order valence-electron chi connectivity index (χ4n) is 1.94. The lowest BCUT2D eigenvalue weighted by molar-refractivity contribution is -0.138. The van der Waals surface area contributed by atoms with Crippen LogP contribution in [-0.2, 0) is 10.9 Å². The first-order valence-corrected chi connectivity index (χ1v) is 7.32. The number of nitrogens with zero attached hydrogens (tertiary/aromatic N) is 2. The molecule has 1 aliphatic heterocycles. The molecule has 1 N–H and O–H groups in total. The summed E-state index contributed by atoms with van der Waals surface area (Å²) in [7, 11) is 0. The van der Waals surface area contributed by atoms with E-state index in [4.69, 9.17) is 4.74 Å². The second kappa shape index (κ2) is 6.90. The maximum Gasteiger partial charge on any atom is 0.417 e. The van der Waals surface area contributed by atoms with Gasteiger partial charge in [-0.25, -0.2) is 4.98 Å². The summed E-state index contributed by atoms with van der Waals surface area (Å²) in [6, 6.07) is 0.995. The number of ether oxygens (including phenoxy) is 1. The summed E-state index contributed by atoms with van der Waals surface area (Å²) in [6.07, 6.45) is -3.16. The summed E-state index contributed by atoms with van der Waals surface area (Å²) in [5, 5.41) is 2.97. The van der Waals surface area contributed by atoms with Gasteiger partial charge < -0.3 is 10.1 Å². The van der Waals surface area contributed by atoms with Crippen LogP contribution in [0.4, 0.5) is 19.0 Å². The molecule has 112 valence electrons. The van der Waals surface area contributed by atoms with E-state index in [1.807, 2.05) is 0 Å². The zero-order valence-corrected chi connectivity index (χ0v) is 12.9. The Hall–Kier alpha value is -0.610. The van der Waals surface area contributed by atoms with Gasteiger partial charge in [0.25, 0.3) is 0 Å². The molecule has 0 aliphatic carbocycles. The first-order chi connectivity index (χ1) is 9.48. The Morgan fingerprint density at radius 3 is 2.70 bits per heavy atom. The second-order valence-corrected chi connectivity index (χ2v) is 5.48. The van der Waals surface area contributed by atoms with Gasteiger partial charge in [-0.15, -0.1) is 0 Å². The molecule has 1 aromatic rings. The fraction of sp³-hybridized carbons (Fsp3) is 0.583. The zero-order chi connectivity index (χ0) is 14.6. The van der Waals surface area contributed by atoms with E-state index in [9.17, 15) is 13.2 Å². The topological polar surface area (TPSA) is 37.4 Å². The first-order valence-electron chi connectivity index (χ1n) is 6.24. The molecule has 2 heterocycles. The van der Waals surface area contributed by atoms with Gasteiger partial charge in [0.1, 0.15) is 5.82 Å². The summed E-state index contributed by atoms with van der Waals surface area (Å²) in [6.45, 7) is 4.45. The van der Waals surface area contributed by atoms with Gasteiger partial charge in [-0.05, 0) is 28.7 Å². The van der Waals surface area contributed by atoms with Crippen molar-refractivity contribution in [3.8, 4) is 0 Å². The largest absolute Gasteiger partial charge is 0.417 e. The Morgan fingerprint density at radius 2 is 2.05 bits per heavy atom. The Kier molecular flexibility index (Phi) is 5.44. The molecule has 0 amide bonds. The molecule has 0 saturated carbocycles. The van der Waals surface area contributed by atoms with Crippen LogP contribution in [0.3, 0.4) is 0 Å². The Balaban J connectivity index is 1.92. The molecular weight excluding hydrogens is 386 g/mol. The minimum Gasteiger partial charge on any atom is -0.379 e. The molecule has 0 radical (unpaired) electrons. The van der Waals surface area contributed by atoms with Gasteiger partial charge in [-0.1, -0.05) is 0 Å². The number of alkyl halides is 3. The van der Waals surface area contributed by atoms with E-state index in [0.29, 0.717) is 19.8 Å². The van der Waals surface area contributed by atoms with Gasteiger partial charge in [0.15, 0.2) is 0 Å². The minimum atomic E-state index is -4.35. The number of halogens is 4. The van der Waals surface area contributed by atoms with Crippen LogP contribution < -0.4 is 5.32 Å². The highest BCUT2D eigenvalue weighted by Crippen LogP contribution is 2.34. The van der Waals surface area contributed by atoms with E-state index < -0.39 is 11.7 Å². The molecule has 1 aliphatic rings. The van der Waals surface area contributed by atoms with E-state index in [0.717, 1.165) is 25.7 Å². The predicted octanol–water partition coefficient (Wildman–Crippen LogP) is 2.45. The van der Waals surface area contributed by atoms with Crippen LogP contribution in [0.15, 0.2) is 12.3 Å². The van der Waals surface area contributed by atoms with Crippen molar-refractivity contribution in [1.82, 2.24) is 9.88 Å². The van der Waals surface area contributed by atoms with E-state index in [1.54, 1.807) is 22.6 Å². The van der Waals surface area contributed by atoms with Gasteiger partial charge in [0, 0.05) is 32.4 Å². The Morgan fingerprint density at radius 1 is 1.35 bits per heavy atom. The maximum absolute atomic E-state index is 12.8. The number of pyridine rings is 1.